The molecule has 0 aliphatic carbocycles. The number of hydrogen-bond donors (Lipinski definition) is 2. The fraction of sp³-hybridized carbons (Fsp3) is 0.889. The van der Waals surface area contributed by atoms with Gasteiger partial charge in [-0.15, -0.1) is 0 Å². The highest BCUT2D eigenvalue weighted by Crippen LogP contribution is 2.15. The summed E-state index contributed by atoms with van der Waals surface area (Å²) in [5.74, 6) is 0.733. The van der Waals surface area contributed by atoms with Crippen molar-refractivity contribution in [3.05, 3.63) is 0 Å². The Hall–Kier alpha value is -0.0900. The molecule has 0 saturated carbocycles. The van der Waals surface area contributed by atoms with Gasteiger partial charge >= 0.3 is 0 Å². The summed E-state index contributed by atoms with van der Waals surface area (Å²) in [6.07, 6.45) is 2.32. The number of nitrogens with one attached hydrogen (secondary N) is 2. The predicted octanol–water partition coefficient (Wildman–Crippen LogP) is 0.886. The minimum Gasteiger partial charge on any atom is -0.351 e. The molecule has 0 radical (unpaired) electrons. The molecule has 1 fully saturated rings. The van der Waals surface area contributed by atoms with Crippen LogP contribution in [0.25, 0.3) is 0 Å². The lowest BCUT2D eigenvalue weighted by molar-refractivity contribution is -0.119. The van der Waals surface area contributed by atoms with E-state index in [9.17, 15) is 4.79 Å². The Morgan fingerprint density at radius 1 is 1.69 bits per heavy atom. The van der Waals surface area contributed by atoms with E-state index < -0.39 is 0 Å². The van der Waals surface area contributed by atoms with Crippen LogP contribution >= 0.6 is 15.9 Å². The van der Waals surface area contributed by atoms with E-state index in [4.69, 9.17) is 0 Å². The molecule has 2 unspecified atom stereocenters. The third-order valence-corrected chi connectivity index (χ3v) is 3.13. The van der Waals surface area contributed by atoms with Gasteiger partial charge in [0.1, 0.15) is 0 Å². The van der Waals surface area contributed by atoms with Crippen LogP contribution in [0.3, 0.4) is 0 Å². The number of rotatable bonds is 3. The second-order valence-electron chi connectivity index (χ2n) is 3.47. The Balaban J connectivity index is 2.40. The highest BCUT2D eigenvalue weighted by Gasteiger charge is 2.24. The lowest BCUT2D eigenvalue weighted by Crippen LogP contribution is -2.51. The van der Waals surface area contributed by atoms with Gasteiger partial charge in [-0.25, -0.2) is 0 Å². The zero-order chi connectivity index (χ0) is 9.68. The van der Waals surface area contributed by atoms with E-state index in [1.807, 2.05) is 0 Å². The van der Waals surface area contributed by atoms with Crippen LogP contribution in [0.15, 0.2) is 0 Å². The molecule has 76 valence electrons. The van der Waals surface area contributed by atoms with E-state index in [1.54, 1.807) is 0 Å². The Morgan fingerprint density at radius 3 is 3.08 bits per heavy atom. The van der Waals surface area contributed by atoms with Gasteiger partial charge in [0.25, 0.3) is 0 Å². The van der Waals surface area contributed by atoms with Gasteiger partial charge in [-0.1, -0.05) is 29.3 Å². The minimum atomic E-state index is 0.0900. The zero-order valence-corrected chi connectivity index (χ0v) is 9.56. The van der Waals surface area contributed by atoms with Gasteiger partial charge in [0.2, 0.25) is 5.91 Å². The van der Waals surface area contributed by atoms with Crippen LogP contribution in [0.5, 0.6) is 0 Å². The van der Waals surface area contributed by atoms with Crippen LogP contribution in [-0.4, -0.2) is 30.4 Å². The molecule has 0 aromatic rings. The van der Waals surface area contributed by atoms with Crippen molar-refractivity contribution in [2.75, 3.05) is 18.4 Å². The Kier molecular flexibility index (Phi) is 4.73. The first kappa shape index (κ1) is 11.0. The molecule has 2 N–H and O–H groups in total. The van der Waals surface area contributed by atoms with Crippen molar-refractivity contribution in [2.24, 2.45) is 5.92 Å². The van der Waals surface area contributed by atoms with Gasteiger partial charge in [-0.2, -0.15) is 0 Å². The van der Waals surface area contributed by atoms with E-state index in [2.05, 4.69) is 33.5 Å². The first-order chi connectivity index (χ1) is 6.27. The highest BCUT2D eigenvalue weighted by atomic mass is 79.9. The molecule has 1 aliphatic rings. The molecule has 13 heavy (non-hydrogen) atoms. The molecule has 1 heterocycles. The monoisotopic (exact) mass is 248 g/mol. The number of carbonyl (C=O) groups excluding carboxylic acids is 1. The summed E-state index contributed by atoms with van der Waals surface area (Å²) in [7, 11) is 0. The van der Waals surface area contributed by atoms with Crippen LogP contribution < -0.4 is 10.6 Å². The molecular formula is C9H17BrN2O. The van der Waals surface area contributed by atoms with Gasteiger partial charge in [0.05, 0.1) is 5.33 Å². The normalized spacial score (nSPS) is 28.5. The molecule has 2 atom stereocenters. The van der Waals surface area contributed by atoms with Crippen LogP contribution in [-0.2, 0) is 4.79 Å². The van der Waals surface area contributed by atoms with Crippen molar-refractivity contribution in [3.8, 4) is 0 Å². The molecule has 1 saturated heterocycles. The lowest BCUT2D eigenvalue weighted by atomic mass is 9.90. The topological polar surface area (TPSA) is 41.1 Å². The largest absolute Gasteiger partial charge is 0.351 e. The standard InChI is InChI=1S/C9H17BrN2O/c1-2-7-3-4-11-6-8(7)12-9(13)5-10/h7-8,11H,2-6H2,1H3,(H,12,13). The van der Waals surface area contributed by atoms with Crippen LogP contribution in [0.1, 0.15) is 19.8 Å². The number of piperidine rings is 1. The molecular weight excluding hydrogens is 232 g/mol. The van der Waals surface area contributed by atoms with E-state index in [1.165, 1.54) is 6.42 Å². The maximum absolute atomic E-state index is 11.2. The van der Waals surface area contributed by atoms with E-state index >= 15 is 0 Å². The maximum atomic E-state index is 11.2. The average Bonchev–Trinajstić information content (AvgIpc) is 2.18. The number of carbonyl (C=O) groups is 1. The second kappa shape index (κ2) is 5.60. The molecule has 1 aliphatic heterocycles. The number of hydrogen-bond acceptors (Lipinski definition) is 2. The summed E-state index contributed by atoms with van der Waals surface area (Å²) in [6, 6.07) is 0.323. The molecule has 0 spiro atoms. The van der Waals surface area contributed by atoms with Crippen LogP contribution in [0, 0.1) is 5.92 Å². The molecule has 0 aromatic carbocycles. The summed E-state index contributed by atoms with van der Waals surface area (Å²) in [5, 5.41) is 6.72. The fourth-order valence-electron chi connectivity index (χ4n) is 1.82. The highest BCUT2D eigenvalue weighted by molar-refractivity contribution is 9.09. The van der Waals surface area contributed by atoms with Crippen molar-refractivity contribution in [2.45, 2.75) is 25.8 Å². The third kappa shape index (κ3) is 3.27. The van der Waals surface area contributed by atoms with Crippen molar-refractivity contribution in [1.82, 2.24) is 10.6 Å². The smallest absolute Gasteiger partial charge is 0.230 e. The third-order valence-electron chi connectivity index (χ3n) is 2.62. The van der Waals surface area contributed by atoms with Gasteiger partial charge in [-0.05, 0) is 18.9 Å². The SMILES string of the molecule is CCC1CCNCC1NC(=O)CBr. The first-order valence-electron chi connectivity index (χ1n) is 4.84. The quantitative estimate of drug-likeness (QED) is 0.729. The lowest BCUT2D eigenvalue weighted by Gasteiger charge is -2.31. The summed E-state index contributed by atoms with van der Waals surface area (Å²) in [5.41, 5.74) is 0. The Bertz CT molecular complexity index is 175. The number of alkyl halides is 1. The first-order valence-corrected chi connectivity index (χ1v) is 5.96. The summed E-state index contributed by atoms with van der Waals surface area (Å²) >= 11 is 3.15. The van der Waals surface area contributed by atoms with Gasteiger partial charge in [0, 0.05) is 12.6 Å². The minimum absolute atomic E-state index is 0.0900. The van der Waals surface area contributed by atoms with Crippen molar-refractivity contribution < 1.29 is 4.79 Å². The van der Waals surface area contributed by atoms with Crippen molar-refractivity contribution >= 4 is 21.8 Å². The molecule has 3 nitrogen and oxygen atoms in total. The maximum Gasteiger partial charge on any atom is 0.230 e. The molecule has 1 amide bonds. The molecule has 0 aromatic heterocycles. The van der Waals surface area contributed by atoms with Crippen LogP contribution in [0.4, 0.5) is 0 Å². The zero-order valence-electron chi connectivity index (χ0n) is 7.98. The van der Waals surface area contributed by atoms with E-state index in [-0.39, 0.29) is 5.91 Å². The summed E-state index contributed by atoms with van der Waals surface area (Å²) in [4.78, 5) is 11.2. The summed E-state index contributed by atoms with van der Waals surface area (Å²) in [6.45, 7) is 4.18. The second-order valence-corrected chi connectivity index (χ2v) is 4.03. The van der Waals surface area contributed by atoms with Crippen molar-refractivity contribution in [3.63, 3.8) is 0 Å². The van der Waals surface area contributed by atoms with Crippen molar-refractivity contribution in [1.29, 1.82) is 0 Å². The van der Waals surface area contributed by atoms with Gasteiger partial charge in [0.15, 0.2) is 0 Å². The fourth-order valence-corrected chi connectivity index (χ4v) is 1.98. The predicted molar refractivity (Wildman–Crippen MR) is 57.0 cm³/mol. The average molecular weight is 249 g/mol. The number of halogens is 1. The van der Waals surface area contributed by atoms with Gasteiger partial charge < -0.3 is 10.6 Å². The van der Waals surface area contributed by atoms with Gasteiger partial charge in [-0.3, -0.25) is 4.79 Å². The Morgan fingerprint density at radius 2 is 2.46 bits per heavy atom. The number of amides is 1. The Labute approximate surface area is 87.8 Å². The molecule has 1 rings (SSSR count). The van der Waals surface area contributed by atoms with E-state index in [0.717, 1.165) is 19.5 Å². The van der Waals surface area contributed by atoms with Crippen LogP contribution in [0.2, 0.25) is 0 Å². The summed E-state index contributed by atoms with van der Waals surface area (Å²) < 4.78 is 0. The molecule has 4 heteroatoms. The molecule has 0 bridgehead atoms. The van der Waals surface area contributed by atoms with E-state index in [0.29, 0.717) is 17.3 Å².